The van der Waals surface area contributed by atoms with E-state index in [0.717, 1.165) is 0 Å². The fourth-order valence-corrected chi connectivity index (χ4v) is 2.27. The molecular weight excluding hydrogens is 228 g/mol. The smallest absolute Gasteiger partial charge is 0.246 e. The monoisotopic (exact) mass is 246 g/mol. The van der Waals surface area contributed by atoms with Crippen molar-refractivity contribution in [1.82, 2.24) is 10.2 Å². The molecule has 96 valence electrons. The van der Waals surface area contributed by atoms with Gasteiger partial charge in [-0.25, -0.2) is 0 Å². The Balaban J connectivity index is 2.05. The molecule has 4 heteroatoms. The van der Waals surface area contributed by atoms with E-state index in [9.17, 15) is 9.59 Å². The van der Waals surface area contributed by atoms with Crippen LogP contribution in [0.25, 0.3) is 0 Å². The molecule has 1 heterocycles. The molecule has 1 aliphatic heterocycles. The topological polar surface area (TPSA) is 49.4 Å². The first-order valence-corrected chi connectivity index (χ1v) is 6.09. The summed E-state index contributed by atoms with van der Waals surface area (Å²) in [6, 6.07) is 5.75. The number of rotatable bonds is 3. The number of nitrogens with one attached hydrogen (secondary N) is 1. The van der Waals surface area contributed by atoms with Crippen molar-refractivity contribution in [3.63, 3.8) is 0 Å². The number of hydrogen-bond acceptors (Lipinski definition) is 3. The van der Waals surface area contributed by atoms with Gasteiger partial charge < -0.3 is 5.32 Å². The van der Waals surface area contributed by atoms with E-state index in [1.165, 1.54) is 28.6 Å². The third-order valence-electron chi connectivity index (χ3n) is 3.55. The Morgan fingerprint density at radius 2 is 1.89 bits per heavy atom. The number of carbonyl (C=O) groups excluding carboxylic acids is 2. The van der Waals surface area contributed by atoms with Gasteiger partial charge in [0.1, 0.15) is 0 Å². The quantitative estimate of drug-likeness (QED) is 0.814. The second kappa shape index (κ2) is 4.90. The maximum Gasteiger partial charge on any atom is 0.246 e. The number of hydrogen-bond donors (Lipinski definition) is 1. The molecule has 18 heavy (non-hydrogen) atoms. The summed E-state index contributed by atoms with van der Waals surface area (Å²) in [6.07, 6.45) is 0.264. The van der Waals surface area contributed by atoms with Crippen molar-refractivity contribution in [3.8, 4) is 0 Å². The van der Waals surface area contributed by atoms with Gasteiger partial charge in [-0.3, -0.25) is 14.5 Å². The Labute approximate surface area is 107 Å². The Bertz CT molecular complexity index is 476. The van der Waals surface area contributed by atoms with Crippen molar-refractivity contribution in [2.24, 2.45) is 0 Å². The molecule has 1 aromatic carbocycles. The molecule has 0 radical (unpaired) electrons. The molecule has 0 aromatic heterocycles. The average Bonchev–Trinajstić information content (AvgIpc) is 2.56. The number of likely N-dealkylation sites (N-methyl/N-ethyl adjacent to an activating group) is 1. The van der Waals surface area contributed by atoms with Crippen LogP contribution in [-0.4, -0.2) is 29.8 Å². The lowest BCUT2D eigenvalue weighted by Crippen LogP contribution is -2.36. The van der Waals surface area contributed by atoms with Gasteiger partial charge in [0.2, 0.25) is 11.8 Å². The van der Waals surface area contributed by atoms with Gasteiger partial charge in [-0.1, -0.05) is 18.2 Å². The van der Waals surface area contributed by atoms with Crippen LogP contribution in [0.1, 0.15) is 23.1 Å². The summed E-state index contributed by atoms with van der Waals surface area (Å²) in [5.74, 6) is -0.245. The summed E-state index contributed by atoms with van der Waals surface area (Å²) >= 11 is 0. The summed E-state index contributed by atoms with van der Waals surface area (Å²) in [5, 5.41) is 3.18. The molecule has 0 bridgehead atoms. The highest BCUT2D eigenvalue weighted by Crippen LogP contribution is 2.15. The molecule has 1 aliphatic rings. The third-order valence-corrected chi connectivity index (χ3v) is 3.55. The van der Waals surface area contributed by atoms with E-state index < -0.39 is 0 Å². The molecule has 2 rings (SSSR count). The van der Waals surface area contributed by atoms with E-state index in [1.807, 2.05) is 6.07 Å². The summed E-state index contributed by atoms with van der Waals surface area (Å²) in [4.78, 5) is 24.4. The second-order valence-corrected chi connectivity index (χ2v) is 4.80. The Morgan fingerprint density at radius 1 is 1.28 bits per heavy atom. The normalized spacial score (nSPS) is 19.7. The van der Waals surface area contributed by atoms with Crippen LogP contribution in [-0.2, 0) is 16.1 Å². The number of imide groups is 1. The molecule has 1 aromatic rings. The van der Waals surface area contributed by atoms with Gasteiger partial charge >= 0.3 is 0 Å². The van der Waals surface area contributed by atoms with Crippen molar-refractivity contribution in [2.75, 3.05) is 7.05 Å². The molecule has 0 aliphatic carbocycles. The van der Waals surface area contributed by atoms with Gasteiger partial charge in [-0.15, -0.1) is 0 Å². The van der Waals surface area contributed by atoms with Gasteiger partial charge in [0.05, 0.1) is 12.5 Å². The second-order valence-electron chi connectivity index (χ2n) is 4.80. The van der Waals surface area contributed by atoms with Crippen molar-refractivity contribution >= 4 is 11.8 Å². The number of aryl methyl sites for hydroxylation is 2. The summed E-state index contributed by atoms with van der Waals surface area (Å²) in [7, 11) is 1.53. The van der Waals surface area contributed by atoms with Gasteiger partial charge in [0, 0.05) is 13.6 Å². The van der Waals surface area contributed by atoms with Crippen LogP contribution in [0.15, 0.2) is 18.2 Å². The predicted molar refractivity (Wildman–Crippen MR) is 68.9 cm³/mol. The highest BCUT2D eigenvalue weighted by Gasteiger charge is 2.35. The molecule has 1 unspecified atom stereocenters. The van der Waals surface area contributed by atoms with Crippen molar-refractivity contribution in [3.05, 3.63) is 34.9 Å². The standard InChI is InChI=1S/C14H18N2O2/c1-9-5-4-6-10(2)11(9)8-15-12-7-13(17)16(3)14(12)18/h4-6,12,15H,7-8H2,1-3H3. The molecule has 2 amide bonds. The molecule has 1 fully saturated rings. The zero-order chi connectivity index (χ0) is 13.3. The lowest BCUT2D eigenvalue weighted by Gasteiger charge is -2.14. The fraction of sp³-hybridized carbons (Fsp3) is 0.429. The van der Waals surface area contributed by atoms with E-state index >= 15 is 0 Å². The summed E-state index contributed by atoms with van der Waals surface area (Å²) < 4.78 is 0. The third kappa shape index (κ3) is 2.29. The molecule has 1 atom stereocenters. The zero-order valence-electron chi connectivity index (χ0n) is 11.0. The highest BCUT2D eigenvalue weighted by atomic mass is 16.2. The van der Waals surface area contributed by atoms with Crippen LogP contribution in [0.4, 0.5) is 0 Å². The lowest BCUT2D eigenvalue weighted by molar-refractivity contribution is -0.137. The summed E-state index contributed by atoms with van der Waals surface area (Å²) in [5.41, 5.74) is 3.60. The predicted octanol–water partition coefficient (Wildman–Crippen LogP) is 1.15. The van der Waals surface area contributed by atoms with E-state index in [-0.39, 0.29) is 24.3 Å². The minimum absolute atomic E-state index is 0.112. The Kier molecular flexibility index (Phi) is 3.48. The van der Waals surface area contributed by atoms with Gasteiger partial charge in [0.25, 0.3) is 0 Å². The maximum absolute atomic E-state index is 11.7. The summed E-state index contributed by atoms with van der Waals surface area (Å²) in [6.45, 7) is 4.73. The number of likely N-dealkylation sites (tertiary alicyclic amines) is 1. The average molecular weight is 246 g/mol. The Hall–Kier alpha value is -1.68. The van der Waals surface area contributed by atoms with Crippen molar-refractivity contribution in [1.29, 1.82) is 0 Å². The molecule has 4 nitrogen and oxygen atoms in total. The minimum Gasteiger partial charge on any atom is -0.301 e. The zero-order valence-corrected chi connectivity index (χ0v) is 11.0. The molecule has 1 N–H and O–H groups in total. The number of carbonyl (C=O) groups is 2. The maximum atomic E-state index is 11.7. The first-order valence-electron chi connectivity index (χ1n) is 6.09. The van der Waals surface area contributed by atoms with Crippen LogP contribution in [0, 0.1) is 13.8 Å². The SMILES string of the molecule is Cc1cccc(C)c1CNC1CC(=O)N(C)C1=O. The van der Waals surface area contributed by atoms with Crippen LogP contribution in [0.3, 0.4) is 0 Å². The van der Waals surface area contributed by atoms with Crippen LogP contribution < -0.4 is 5.32 Å². The highest BCUT2D eigenvalue weighted by molar-refractivity contribution is 6.05. The van der Waals surface area contributed by atoms with E-state index in [4.69, 9.17) is 0 Å². The van der Waals surface area contributed by atoms with Crippen molar-refractivity contribution < 1.29 is 9.59 Å². The molecule has 0 saturated carbocycles. The van der Waals surface area contributed by atoms with Crippen LogP contribution in [0.5, 0.6) is 0 Å². The molecular formula is C14H18N2O2. The number of amides is 2. The van der Waals surface area contributed by atoms with E-state index in [1.54, 1.807) is 0 Å². The van der Waals surface area contributed by atoms with Crippen molar-refractivity contribution in [2.45, 2.75) is 32.9 Å². The molecule has 0 spiro atoms. The van der Waals surface area contributed by atoms with E-state index in [2.05, 4.69) is 31.3 Å². The van der Waals surface area contributed by atoms with Gasteiger partial charge in [-0.2, -0.15) is 0 Å². The first-order chi connectivity index (χ1) is 8.50. The van der Waals surface area contributed by atoms with Crippen LogP contribution in [0.2, 0.25) is 0 Å². The fourth-order valence-electron chi connectivity index (χ4n) is 2.27. The van der Waals surface area contributed by atoms with Crippen LogP contribution >= 0.6 is 0 Å². The number of benzene rings is 1. The first kappa shape index (κ1) is 12.8. The minimum atomic E-state index is -0.374. The lowest BCUT2D eigenvalue weighted by atomic mass is 10.0. The van der Waals surface area contributed by atoms with E-state index in [0.29, 0.717) is 6.54 Å². The Morgan fingerprint density at radius 3 is 2.39 bits per heavy atom. The number of nitrogens with zero attached hydrogens (tertiary/aromatic N) is 1. The molecule has 1 saturated heterocycles. The van der Waals surface area contributed by atoms with Gasteiger partial charge in [0.15, 0.2) is 0 Å². The van der Waals surface area contributed by atoms with Gasteiger partial charge in [-0.05, 0) is 30.5 Å². The largest absolute Gasteiger partial charge is 0.301 e.